The number of aromatic nitrogens is 1. The molecule has 1 aromatic carbocycles. The molecule has 0 saturated heterocycles. The third-order valence-electron chi connectivity index (χ3n) is 2.83. The number of aryl methyl sites for hydroxylation is 3. The highest BCUT2D eigenvalue weighted by molar-refractivity contribution is 7.09. The maximum atomic E-state index is 11.7. The molecule has 1 heterocycles. The molecular formula is C14H17N3OS. The predicted octanol–water partition coefficient (Wildman–Crippen LogP) is 3.39. The van der Waals surface area contributed by atoms with Gasteiger partial charge in [0.25, 0.3) is 0 Å². The summed E-state index contributed by atoms with van der Waals surface area (Å²) in [4.78, 5) is 16.0. The normalized spacial score (nSPS) is 10.3. The molecule has 0 spiro atoms. The maximum Gasteiger partial charge on any atom is 0.319 e. The molecule has 0 radical (unpaired) electrons. The van der Waals surface area contributed by atoms with E-state index in [1.165, 1.54) is 5.56 Å². The van der Waals surface area contributed by atoms with Gasteiger partial charge in [-0.25, -0.2) is 9.78 Å². The molecule has 1 aromatic heterocycles. The van der Waals surface area contributed by atoms with E-state index in [0.717, 1.165) is 22.0 Å². The first-order valence-corrected chi connectivity index (χ1v) is 6.95. The van der Waals surface area contributed by atoms with E-state index in [9.17, 15) is 4.79 Å². The van der Waals surface area contributed by atoms with Crippen molar-refractivity contribution in [1.29, 1.82) is 0 Å². The third kappa shape index (κ3) is 3.79. The standard InChI is InChI=1S/C14H17N3OS/c1-9-4-5-12(6-10(9)2)17-14(18)15-7-13-16-11(3)8-19-13/h4-6,8H,7H2,1-3H3,(H2,15,17,18). The van der Waals surface area contributed by atoms with Crippen LogP contribution in [0.15, 0.2) is 23.6 Å². The van der Waals surface area contributed by atoms with E-state index >= 15 is 0 Å². The number of benzene rings is 1. The topological polar surface area (TPSA) is 54.0 Å². The Balaban J connectivity index is 1.88. The van der Waals surface area contributed by atoms with Crippen LogP contribution in [0.3, 0.4) is 0 Å². The molecule has 2 aromatic rings. The summed E-state index contributed by atoms with van der Waals surface area (Å²) >= 11 is 1.55. The van der Waals surface area contributed by atoms with Gasteiger partial charge in [-0.15, -0.1) is 11.3 Å². The molecule has 0 aliphatic carbocycles. The minimum absolute atomic E-state index is 0.212. The number of nitrogens with zero attached hydrogens (tertiary/aromatic N) is 1. The lowest BCUT2D eigenvalue weighted by atomic mass is 10.1. The van der Waals surface area contributed by atoms with Crippen molar-refractivity contribution in [1.82, 2.24) is 10.3 Å². The van der Waals surface area contributed by atoms with Crippen molar-refractivity contribution in [3.8, 4) is 0 Å². The van der Waals surface area contributed by atoms with Crippen LogP contribution in [0.4, 0.5) is 10.5 Å². The van der Waals surface area contributed by atoms with Gasteiger partial charge in [0.05, 0.1) is 6.54 Å². The summed E-state index contributed by atoms with van der Waals surface area (Å²) in [7, 11) is 0. The number of amides is 2. The lowest BCUT2D eigenvalue weighted by molar-refractivity contribution is 0.251. The number of thiazole rings is 1. The largest absolute Gasteiger partial charge is 0.331 e. The van der Waals surface area contributed by atoms with Crippen molar-refractivity contribution >= 4 is 23.1 Å². The Labute approximate surface area is 116 Å². The summed E-state index contributed by atoms with van der Waals surface area (Å²) in [6.07, 6.45) is 0. The Morgan fingerprint density at radius 3 is 2.68 bits per heavy atom. The van der Waals surface area contributed by atoms with Gasteiger partial charge in [-0.1, -0.05) is 6.07 Å². The van der Waals surface area contributed by atoms with Gasteiger partial charge in [-0.2, -0.15) is 0 Å². The number of anilines is 1. The van der Waals surface area contributed by atoms with E-state index in [1.807, 2.05) is 44.4 Å². The van der Waals surface area contributed by atoms with Crippen LogP contribution in [-0.2, 0) is 6.54 Å². The zero-order valence-corrected chi connectivity index (χ0v) is 12.1. The van der Waals surface area contributed by atoms with Gasteiger partial charge in [0.15, 0.2) is 0 Å². The minimum atomic E-state index is -0.212. The van der Waals surface area contributed by atoms with Crippen LogP contribution >= 0.6 is 11.3 Å². The highest BCUT2D eigenvalue weighted by atomic mass is 32.1. The Hall–Kier alpha value is -1.88. The molecule has 0 saturated carbocycles. The van der Waals surface area contributed by atoms with E-state index in [1.54, 1.807) is 11.3 Å². The van der Waals surface area contributed by atoms with Crippen LogP contribution in [0.25, 0.3) is 0 Å². The minimum Gasteiger partial charge on any atom is -0.331 e. The molecular weight excluding hydrogens is 258 g/mol. The van der Waals surface area contributed by atoms with Crippen LogP contribution in [0, 0.1) is 20.8 Å². The smallest absolute Gasteiger partial charge is 0.319 e. The van der Waals surface area contributed by atoms with Crippen LogP contribution in [0.1, 0.15) is 21.8 Å². The second-order valence-corrected chi connectivity index (χ2v) is 5.43. The number of rotatable bonds is 3. The number of carbonyl (C=O) groups excluding carboxylic acids is 1. The van der Waals surface area contributed by atoms with Crippen LogP contribution in [-0.4, -0.2) is 11.0 Å². The Kier molecular flexibility index (Phi) is 4.16. The molecule has 0 aliphatic heterocycles. The fraction of sp³-hybridized carbons (Fsp3) is 0.286. The van der Waals surface area contributed by atoms with E-state index in [0.29, 0.717) is 6.54 Å². The zero-order valence-electron chi connectivity index (χ0n) is 11.3. The highest BCUT2D eigenvalue weighted by Crippen LogP contribution is 2.14. The second-order valence-electron chi connectivity index (χ2n) is 4.49. The monoisotopic (exact) mass is 275 g/mol. The molecule has 0 atom stereocenters. The van der Waals surface area contributed by atoms with Gasteiger partial charge in [-0.05, 0) is 44.0 Å². The van der Waals surface area contributed by atoms with Crippen molar-refractivity contribution in [2.45, 2.75) is 27.3 Å². The van der Waals surface area contributed by atoms with E-state index in [4.69, 9.17) is 0 Å². The van der Waals surface area contributed by atoms with E-state index in [-0.39, 0.29) is 6.03 Å². The second kappa shape index (κ2) is 5.84. The molecule has 5 heteroatoms. The number of urea groups is 1. The molecule has 0 aliphatic rings. The fourth-order valence-electron chi connectivity index (χ4n) is 1.63. The summed E-state index contributed by atoms with van der Waals surface area (Å²) in [5.74, 6) is 0. The van der Waals surface area contributed by atoms with Crippen molar-refractivity contribution < 1.29 is 4.79 Å². The first kappa shape index (κ1) is 13.5. The summed E-state index contributed by atoms with van der Waals surface area (Å²) in [6.45, 7) is 6.46. The highest BCUT2D eigenvalue weighted by Gasteiger charge is 2.04. The lowest BCUT2D eigenvalue weighted by Crippen LogP contribution is -2.28. The summed E-state index contributed by atoms with van der Waals surface area (Å²) in [5, 5.41) is 8.49. The average molecular weight is 275 g/mol. The van der Waals surface area contributed by atoms with Gasteiger partial charge in [-0.3, -0.25) is 0 Å². The van der Waals surface area contributed by atoms with Crippen LogP contribution < -0.4 is 10.6 Å². The molecule has 19 heavy (non-hydrogen) atoms. The molecule has 2 rings (SSSR count). The molecule has 2 amide bonds. The molecule has 0 bridgehead atoms. The van der Waals surface area contributed by atoms with Crippen molar-refractivity contribution in [3.63, 3.8) is 0 Å². The van der Waals surface area contributed by atoms with Crippen molar-refractivity contribution in [2.75, 3.05) is 5.32 Å². The van der Waals surface area contributed by atoms with E-state index in [2.05, 4.69) is 15.6 Å². The lowest BCUT2D eigenvalue weighted by Gasteiger charge is -2.08. The Bertz CT molecular complexity index is 592. The first-order chi connectivity index (χ1) is 9.04. The Morgan fingerprint density at radius 2 is 2.05 bits per heavy atom. The van der Waals surface area contributed by atoms with Crippen molar-refractivity contribution in [3.05, 3.63) is 45.4 Å². The quantitative estimate of drug-likeness (QED) is 0.902. The first-order valence-electron chi connectivity index (χ1n) is 6.07. The molecule has 0 fully saturated rings. The predicted molar refractivity (Wildman–Crippen MR) is 78.6 cm³/mol. The van der Waals surface area contributed by atoms with Gasteiger partial charge in [0.1, 0.15) is 5.01 Å². The van der Waals surface area contributed by atoms with E-state index < -0.39 is 0 Å². The number of carbonyl (C=O) groups is 1. The van der Waals surface area contributed by atoms with Gasteiger partial charge in [0, 0.05) is 16.8 Å². The van der Waals surface area contributed by atoms with Crippen molar-refractivity contribution in [2.24, 2.45) is 0 Å². The molecule has 100 valence electrons. The summed E-state index contributed by atoms with van der Waals surface area (Å²) < 4.78 is 0. The number of hydrogen-bond donors (Lipinski definition) is 2. The fourth-order valence-corrected chi connectivity index (χ4v) is 2.35. The summed E-state index contributed by atoms with van der Waals surface area (Å²) in [6, 6.07) is 5.64. The molecule has 0 unspecified atom stereocenters. The average Bonchev–Trinajstić information content (AvgIpc) is 2.77. The summed E-state index contributed by atoms with van der Waals surface area (Å²) in [5.41, 5.74) is 4.16. The number of nitrogens with one attached hydrogen (secondary N) is 2. The molecule has 4 nitrogen and oxygen atoms in total. The van der Waals surface area contributed by atoms with Crippen LogP contribution in [0.2, 0.25) is 0 Å². The SMILES string of the molecule is Cc1csc(CNC(=O)Nc2ccc(C)c(C)c2)n1. The number of hydrogen-bond acceptors (Lipinski definition) is 3. The molecule has 2 N–H and O–H groups in total. The van der Waals surface area contributed by atoms with Gasteiger partial charge < -0.3 is 10.6 Å². The van der Waals surface area contributed by atoms with Gasteiger partial charge >= 0.3 is 6.03 Å². The van der Waals surface area contributed by atoms with Gasteiger partial charge in [0.2, 0.25) is 0 Å². The maximum absolute atomic E-state index is 11.7. The Morgan fingerprint density at radius 1 is 1.26 bits per heavy atom. The van der Waals surface area contributed by atoms with Crippen LogP contribution in [0.5, 0.6) is 0 Å². The zero-order chi connectivity index (χ0) is 13.8. The third-order valence-corrected chi connectivity index (χ3v) is 3.80.